The van der Waals surface area contributed by atoms with E-state index in [1.165, 1.54) is 0 Å². The van der Waals surface area contributed by atoms with Gasteiger partial charge in [-0.2, -0.15) is 0 Å². The molecule has 0 aliphatic heterocycles. The maximum Gasteiger partial charge on any atom is 0.385 e. The van der Waals surface area contributed by atoms with Crippen LogP contribution in [0, 0.1) is 0 Å². The highest BCUT2D eigenvalue weighted by atomic mass is 35.5. The van der Waals surface area contributed by atoms with Crippen LogP contribution in [0.25, 0.3) is 0 Å². The molecule has 0 bridgehead atoms. The molecule has 1 unspecified atom stereocenters. The van der Waals surface area contributed by atoms with E-state index in [0.29, 0.717) is 0 Å². The molecule has 4 heteroatoms. The third kappa shape index (κ3) is 4.28. The third-order valence-electron chi connectivity index (χ3n) is 1.29. The molecular formula is C6H14ClO2Si. The summed E-state index contributed by atoms with van der Waals surface area (Å²) in [5, 5.41) is 0.203. The second kappa shape index (κ2) is 6.16. The SMILES string of the molecule is CCC(Cl)C[Si](OC)OC. The first-order valence-corrected chi connectivity index (χ1v) is 5.28. The molecular weight excluding hydrogens is 168 g/mol. The lowest BCUT2D eigenvalue weighted by Crippen LogP contribution is -2.22. The van der Waals surface area contributed by atoms with Crippen LogP contribution in [0.3, 0.4) is 0 Å². The number of hydrogen-bond acceptors (Lipinski definition) is 2. The predicted molar refractivity (Wildman–Crippen MR) is 44.5 cm³/mol. The zero-order valence-electron chi connectivity index (χ0n) is 6.69. The summed E-state index contributed by atoms with van der Waals surface area (Å²) in [4.78, 5) is 0. The molecule has 0 aromatic carbocycles. The molecule has 0 aliphatic rings. The normalized spacial score (nSPS) is 14.1. The van der Waals surface area contributed by atoms with Crippen molar-refractivity contribution >= 4 is 20.9 Å². The topological polar surface area (TPSA) is 18.5 Å². The first kappa shape index (κ1) is 10.4. The molecule has 2 nitrogen and oxygen atoms in total. The van der Waals surface area contributed by atoms with Crippen molar-refractivity contribution in [1.82, 2.24) is 0 Å². The van der Waals surface area contributed by atoms with Crippen LogP contribution in [0.2, 0.25) is 6.04 Å². The molecule has 0 rings (SSSR count). The fourth-order valence-electron chi connectivity index (χ4n) is 0.575. The molecule has 61 valence electrons. The molecule has 0 aliphatic carbocycles. The van der Waals surface area contributed by atoms with E-state index in [4.69, 9.17) is 20.5 Å². The van der Waals surface area contributed by atoms with Crippen molar-refractivity contribution in [3.63, 3.8) is 0 Å². The second-order valence-corrected chi connectivity index (χ2v) is 4.58. The van der Waals surface area contributed by atoms with Crippen molar-refractivity contribution in [3.8, 4) is 0 Å². The van der Waals surface area contributed by atoms with E-state index in [1.807, 2.05) is 0 Å². The van der Waals surface area contributed by atoms with Gasteiger partial charge in [0.1, 0.15) is 0 Å². The van der Waals surface area contributed by atoms with Crippen LogP contribution in [0.5, 0.6) is 0 Å². The minimum atomic E-state index is -1.07. The Morgan fingerprint density at radius 1 is 1.40 bits per heavy atom. The van der Waals surface area contributed by atoms with Gasteiger partial charge in [-0.1, -0.05) is 6.92 Å². The summed E-state index contributed by atoms with van der Waals surface area (Å²) in [6.45, 7) is 2.06. The lowest BCUT2D eigenvalue weighted by Gasteiger charge is -2.11. The molecule has 0 heterocycles. The van der Waals surface area contributed by atoms with E-state index in [9.17, 15) is 0 Å². The summed E-state index contributed by atoms with van der Waals surface area (Å²) in [6.07, 6.45) is 0.975. The van der Waals surface area contributed by atoms with Gasteiger partial charge in [-0.25, -0.2) is 0 Å². The van der Waals surface area contributed by atoms with Crippen LogP contribution < -0.4 is 0 Å². The highest BCUT2D eigenvalue weighted by Gasteiger charge is 2.16. The molecule has 1 atom stereocenters. The van der Waals surface area contributed by atoms with Crippen LogP contribution >= 0.6 is 11.6 Å². The molecule has 0 N–H and O–H groups in total. The molecule has 0 aromatic rings. The summed E-state index contributed by atoms with van der Waals surface area (Å²) >= 11 is 5.88. The fourth-order valence-corrected chi connectivity index (χ4v) is 2.10. The van der Waals surface area contributed by atoms with E-state index in [-0.39, 0.29) is 5.38 Å². The Morgan fingerprint density at radius 2 is 1.90 bits per heavy atom. The number of alkyl halides is 1. The Balaban J connectivity index is 3.41. The van der Waals surface area contributed by atoms with Crippen LogP contribution in [0.1, 0.15) is 13.3 Å². The van der Waals surface area contributed by atoms with E-state index < -0.39 is 9.28 Å². The van der Waals surface area contributed by atoms with Gasteiger partial charge in [0.2, 0.25) is 0 Å². The van der Waals surface area contributed by atoms with Crippen molar-refractivity contribution in [2.24, 2.45) is 0 Å². The van der Waals surface area contributed by atoms with E-state index in [0.717, 1.165) is 12.5 Å². The molecule has 0 amide bonds. The number of hydrogen-bond donors (Lipinski definition) is 0. The maximum absolute atomic E-state index is 5.88. The summed E-state index contributed by atoms with van der Waals surface area (Å²) in [7, 11) is 2.26. The first-order valence-electron chi connectivity index (χ1n) is 3.32. The monoisotopic (exact) mass is 181 g/mol. The van der Waals surface area contributed by atoms with Gasteiger partial charge in [0.25, 0.3) is 0 Å². The van der Waals surface area contributed by atoms with E-state index >= 15 is 0 Å². The van der Waals surface area contributed by atoms with E-state index in [1.54, 1.807) is 14.2 Å². The average molecular weight is 182 g/mol. The minimum absolute atomic E-state index is 0.203. The van der Waals surface area contributed by atoms with Gasteiger partial charge in [-0.15, -0.1) is 11.6 Å². The summed E-state index contributed by atoms with van der Waals surface area (Å²) in [6, 6.07) is 0.857. The summed E-state index contributed by atoms with van der Waals surface area (Å²) in [5.41, 5.74) is 0. The van der Waals surface area contributed by atoms with Crippen LogP contribution in [-0.2, 0) is 8.85 Å². The number of rotatable bonds is 5. The Hall–Kier alpha value is 0.427. The highest BCUT2D eigenvalue weighted by molar-refractivity contribution is 6.46. The van der Waals surface area contributed by atoms with Crippen LogP contribution in [0.4, 0.5) is 0 Å². The Kier molecular flexibility index (Phi) is 6.42. The zero-order chi connectivity index (χ0) is 7.98. The smallest absolute Gasteiger partial charge is 0.385 e. The quantitative estimate of drug-likeness (QED) is 0.476. The summed E-state index contributed by atoms with van der Waals surface area (Å²) < 4.78 is 10.1. The Labute approximate surface area is 69.3 Å². The van der Waals surface area contributed by atoms with E-state index in [2.05, 4.69) is 6.92 Å². The maximum atomic E-state index is 5.88. The van der Waals surface area contributed by atoms with Crippen LogP contribution in [0.15, 0.2) is 0 Å². The van der Waals surface area contributed by atoms with Crippen molar-refractivity contribution in [3.05, 3.63) is 0 Å². The van der Waals surface area contributed by atoms with Gasteiger partial charge >= 0.3 is 9.28 Å². The van der Waals surface area contributed by atoms with Crippen molar-refractivity contribution in [2.45, 2.75) is 24.8 Å². The van der Waals surface area contributed by atoms with Crippen LogP contribution in [-0.4, -0.2) is 28.9 Å². The molecule has 0 fully saturated rings. The molecule has 1 radical (unpaired) electrons. The predicted octanol–water partition coefficient (Wildman–Crippen LogP) is 1.78. The highest BCUT2D eigenvalue weighted by Crippen LogP contribution is 2.10. The Bertz CT molecular complexity index is 78.1. The third-order valence-corrected chi connectivity index (χ3v) is 3.74. The van der Waals surface area contributed by atoms with Gasteiger partial charge in [-0.3, -0.25) is 0 Å². The summed E-state index contributed by atoms with van der Waals surface area (Å²) in [5.74, 6) is 0. The fraction of sp³-hybridized carbons (Fsp3) is 1.00. The van der Waals surface area contributed by atoms with Crippen molar-refractivity contribution < 1.29 is 8.85 Å². The lowest BCUT2D eigenvalue weighted by molar-refractivity contribution is 0.277. The standard InChI is InChI=1S/C6H14ClO2Si/c1-4-6(7)5-10(8-2)9-3/h6H,4-5H2,1-3H3. The number of halogens is 1. The molecule has 0 spiro atoms. The van der Waals surface area contributed by atoms with Gasteiger partial charge in [-0.05, 0) is 6.42 Å². The van der Waals surface area contributed by atoms with Gasteiger partial charge in [0.15, 0.2) is 0 Å². The average Bonchev–Trinajstić information content (AvgIpc) is 1.99. The molecule has 0 saturated carbocycles. The van der Waals surface area contributed by atoms with Crippen molar-refractivity contribution in [2.75, 3.05) is 14.2 Å². The second-order valence-electron chi connectivity index (χ2n) is 1.99. The van der Waals surface area contributed by atoms with Gasteiger partial charge in [0, 0.05) is 25.6 Å². The lowest BCUT2D eigenvalue weighted by atomic mass is 10.4. The molecule has 0 saturated heterocycles. The van der Waals surface area contributed by atoms with Gasteiger partial charge in [0.05, 0.1) is 0 Å². The Morgan fingerprint density at radius 3 is 2.20 bits per heavy atom. The minimum Gasteiger partial charge on any atom is -0.397 e. The molecule has 0 aromatic heterocycles. The largest absolute Gasteiger partial charge is 0.397 e. The zero-order valence-corrected chi connectivity index (χ0v) is 8.44. The molecule has 10 heavy (non-hydrogen) atoms. The first-order chi connectivity index (χ1) is 4.74. The van der Waals surface area contributed by atoms with Gasteiger partial charge < -0.3 is 8.85 Å². The van der Waals surface area contributed by atoms with Crippen molar-refractivity contribution in [1.29, 1.82) is 0 Å².